The quantitative estimate of drug-likeness (QED) is 0.748. The molecule has 0 radical (unpaired) electrons. The van der Waals surface area contributed by atoms with E-state index >= 15 is 0 Å². The largest absolute Gasteiger partial charge is 0.0955 e. The maximum Gasteiger partial charge on any atom is 0 e. The van der Waals surface area contributed by atoms with Gasteiger partial charge in [0.25, 0.3) is 0 Å². The van der Waals surface area contributed by atoms with Crippen LogP contribution in [0.5, 0.6) is 0 Å². The molecule has 0 aromatic heterocycles. The molecule has 1 rings (SSSR count). The molecule has 0 nitrogen and oxygen atoms in total. The van der Waals surface area contributed by atoms with Crippen molar-refractivity contribution in [2.45, 2.75) is 6.92 Å². The van der Waals surface area contributed by atoms with Gasteiger partial charge in [0.05, 0.1) is 0 Å². The van der Waals surface area contributed by atoms with Crippen molar-refractivity contribution in [3.63, 3.8) is 0 Å². The van der Waals surface area contributed by atoms with Crippen LogP contribution in [-0.2, 0) is 21.1 Å². The summed E-state index contributed by atoms with van der Waals surface area (Å²) in [5.41, 5.74) is 2.34. The number of allylic oxidation sites excluding steroid dienone is 1. The van der Waals surface area contributed by atoms with E-state index in [2.05, 4.69) is 18.7 Å². The van der Waals surface area contributed by atoms with E-state index in [0.29, 0.717) is 0 Å². The minimum atomic E-state index is 0. The van der Waals surface area contributed by atoms with Gasteiger partial charge in [-0.15, -0.1) is 0 Å². The van der Waals surface area contributed by atoms with Crippen LogP contribution in [0.3, 0.4) is 0 Å². The molecule has 0 unspecified atom stereocenters. The minimum Gasteiger partial charge on any atom is -0.0955 e. The van der Waals surface area contributed by atoms with Crippen LogP contribution in [0.15, 0.2) is 36.9 Å². The maximum atomic E-state index is 3.83. The average Bonchev–Trinajstić information content (AvgIpc) is 1.90. The normalized spacial score (nSPS) is 8.10. The second-order valence-electron chi connectivity index (χ2n) is 2.15. The first kappa shape index (κ1) is 9.65. The summed E-state index contributed by atoms with van der Waals surface area (Å²) in [6, 6.07) is 10.2. The predicted molar refractivity (Wildman–Crippen MR) is 41.2 cm³/mol. The summed E-state index contributed by atoms with van der Waals surface area (Å²) in [6.07, 6.45) is 0. The Hall–Kier alpha value is -0.352. The van der Waals surface area contributed by atoms with E-state index in [1.807, 2.05) is 25.1 Å². The number of rotatable bonds is 1. The van der Waals surface area contributed by atoms with E-state index in [9.17, 15) is 0 Å². The Balaban J connectivity index is 0.000000810. The fourth-order valence-electron chi connectivity index (χ4n) is 0.723. The molecule has 0 aliphatic rings. The zero-order valence-corrected chi connectivity index (χ0v) is 8.18. The molecule has 0 spiro atoms. The van der Waals surface area contributed by atoms with Crippen molar-refractivity contribution in [3.05, 3.63) is 42.5 Å². The van der Waals surface area contributed by atoms with Crippen molar-refractivity contribution in [1.29, 1.82) is 0 Å². The van der Waals surface area contributed by atoms with E-state index in [4.69, 9.17) is 0 Å². The van der Waals surface area contributed by atoms with Gasteiger partial charge in [-0.25, -0.2) is 0 Å². The molecule has 0 saturated carbocycles. The maximum absolute atomic E-state index is 3.83. The van der Waals surface area contributed by atoms with Gasteiger partial charge in [0, 0.05) is 21.1 Å². The molecule has 0 aliphatic heterocycles. The zero-order chi connectivity index (χ0) is 6.69. The summed E-state index contributed by atoms with van der Waals surface area (Å²) >= 11 is 0. The molecule has 0 fully saturated rings. The number of hydrogen-bond acceptors (Lipinski definition) is 0. The van der Waals surface area contributed by atoms with E-state index in [-0.39, 0.29) is 21.1 Å². The molecule has 0 saturated heterocycles. The summed E-state index contributed by atoms with van der Waals surface area (Å²) in [5, 5.41) is 0. The third-order valence-corrected chi connectivity index (χ3v) is 1.27. The van der Waals surface area contributed by atoms with Crippen molar-refractivity contribution in [1.82, 2.24) is 0 Å². The zero-order valence-electron chi connectivity index (χ0n) is 5.91. The fourth-order valence-corrected chi connectivity index (χ4v) is 0.723. The molecule has 10 heavy (non-hydrogen) atoms. The van der Waals surface area contributed by atoms with Crippen LogP contribution in [0, 0.1) is 0 Å². The molecule has 0 heterocycles. The standard InChI is InChI=1S/C9H10.Pt/c1-8(2)9-6-4-3-5-7-9;/h3-7H,1H2,2H3;. The second kappa shape index (κ2) is 4.46. The van der Waals surface area contributed by atoms with Crippen LogP contribution in [0.25, 0.3) is 5.57 Å². The molecule has 1 aromatic rings. The average molecular weight is 313 g/mol. The Labute approximate surface area is 76.2 Å². The fraction of sp³-hybridized carbons (Fsp3) is 0.111. The van der Waals surface area contributed by atoms with Crippen LogP contribution in [0.1, 0.15) is 12.5 Å². The van der Waals surface area contributed by atoms with Gasteiger partial charge in [-0.05, 0) is 12.5 Å². The molecule has 0 N–H and O–H groups in total. The Morgan fingerprint density at radius 2 is 1.70 bits per heavy atom. The van der Waals surface area contributed by atoms with Gasteiger partial charge in [-0.1, -0.05) is 42.5 Å². The SMILES string of the molecule is C=C(C)c1ccccc1.[Pt]. The summed E-state index contributed by atoms with van der Waals surface area (Å²) in [6.45, 7) is 5.83. The first-order valence-electron chi connectivity index (χ1n) is 3.01. The summed E-state index contributed by atoms with van der Waals surface area (Å²) < 4.78 is 0. The van der Waals surface area contributed by atoms with Crippen LogP contribution in [0.4, 0.5) is 0 Å². The molecule has 0 aliphatic carbocycles. The van der Waals surface area contributed by atoms with Crippen molar-refractivity contribution in [3.8, 4) is 0 Å². The molecule has 56 valence electrons. The Bertz CT molecular complexity index is 201. The van der Waals surface area contributed by atoms with Gasteiger partial charge in [-0.3, -0.25) is 0 Å². The van der Waals surface area contributed by atoms with Gasteiger partial charge in [0.15, 0.2) is 0 Å². The first-order chi connectivity index (χ1) is 4.30. The van der Waals surface area contributed by atoms with Crippen molar-refractivity contribution < 1.29 is 21.1 Å². The molecule has 0 bridgehead atoms. The minimum absolute atomic E-state index is 0. The number of benzene rings is 1. The Morgan fingerprint density at radius 1 is 1.20 bits per heavy atom. The summed E-state index contributed by atoms with van der Waals surface area (Å²) in [5.74, 6) is 0. The third-order valence-electron chi connectivity index (χ3n) is 1.27. The van der Waals surface area contributed by atoms with Crippen LogP contribution in [0.2, 0.25) is 0 Å². The van der Waals surface area contributed by atoms with E-state index in [0.717, 1.165) is 5.57 Å². The topological polar surface area (TPSA) is 0 Å². The van der Waals surface area contributed by atoms with Gasteiger partial charge in [-0.2, -0.15) is 0 Å². The van der Waals surface area contributed by atoms with Crippen molar-refractivity contribution in [2.24, 2.45) is 0 Å². The van der Waals surface area contributed by atoms with E-state index in [1.165, 1.54) is 5.56 Å². The van der Waals surface area contributed by atoms with Gasteiger partial charge in [0.2, 0.25) is 0 Å². The monoisotopic (exact) mass is 313 g/mol. The van der Waals surface area contributed by atoms with Crippen molar-refractivity contribution >= 4 is 5.57 Å². The van der Waals surface area contributed by atoms with E-state index in [1.54, 1.807) is 0 Å². The van der Waals surface area contributed by atoms with Gasteiger partial charge >= 0.3 is 0 Å². The molecule has 0 atom stereocenters. The Kier molecular flexibility index (Phi) is 4.30. The number of hydrogen-bond donors (Lipinski definition) is 0. The molecule has 1 heteroatoms. The summed E-state index contributed by atoms with van der Waals surface area (Å²) in [4.78, 5) is 0. The smallest absolute Gasteiger partial charge is 0 e. The van der Waals surface area contributed by atoms with Crippen molar-refractivity contribution in [2.75, 3.05) is 0 Å². The summed E-state index contributed by atoms with van der Waals surface area (Å²) in [7, 11) is 0. The first-order valence-corrected chi connectivity index (χ1v) is 3.01. The van der Waals surface area contributed by atoms with Crippen LogP contribution < -0.4 is 0 Å². The molecule has 0 amide bonds. The van der Waals surface area contributed by atoms with Gasteiger partial charge in [0.1, 0.15) is 0 Å². The van der Waals surface area contributed by atoms with Crippen LogP contribution >= 0.6 is 0 Å². The molecular formula is C9H10Pt. The molecule has 1 aromatic carbocycles. The van der Waals surface area contributed by atoms with E-state index < -0.39 is 0 Å². The van der Waals surface area contributed by atoms with Gasteiger partial charge < -0.3 is 0 Å². The second-order valence-corrected chi connectivity index (χ2v) is 2.15. The van der Waals surface area contributed by atoms with Crippen LogP contribution in [-0.4, -0.2) is 0 Å². The third kappa shape index (κ3) is 2.49. The molecular weight excluding hydrogens is 303 g/mol. The predicted octanol–water partition coefficient (Wildman–Crippen LogP) is 2.72. The Morgan fingerprint density at radius 3 is 2.00 bits per heavy atom.